The van der Waals surface area contributed by atoms with Gasteiger partial charge in [-0.25, -0.2) is 0 Å². The summed E-state index contributed by atoms with van der Waals surface area (Å²) in [7, 11) is 0. The number of guanidine groups is 1. The Morgan fingerprint density at radius 3 is 2.74 bits per heavy atom. The van der Waals surface area contributed by atoms with Crippen LogP contribution in [-0.4, -0.2) is 12.2 Å². The minimum absolute atomic E-state index is 0.0932. The van der Waals surface area contributed by atoms with Gasteiger partial charge in [-0.15, -0.1) is 5.10 Å². The van der Waals surface area contributed by atoms with Crippen molar-refractivity contribution in [2.75, 3.05) is 0 Å². The summed E-state index contributed by atoms with van der Waals surface area (Å²) in [6.45, 7) is 2.03. The number of hydrogen-bond donors (Lipinski definition) is 2. The lowest BCUT2D eigenvalue weighted by molar-refractivity contribution is 0.574. The van der Waals surface area contributed by atoms with E-state index in [0.29, 0.717) is 5.76 Å². The second-order valence-electron chi connectivity index (χ2n) is 3.95. The Morgan fingerprint density at radius 2 is 2.05 bits per heavy atom. The number of aryl methyl sites for hydroxylation is 1. The van der Waals surface area contributed by atoms with Crippen molar-refractivity contribution in [2.45, 2.75) is 6.92 Å². The first-order valence-corrected chi connectivity index (χ1v) is 6.34. The number of halogens is 1. The molecule has 6 heteroatoms. The largest absolute Gasteiger partial charge is 0.455 e. The molecule has 2 aromatic rings. The highest BCUT2D eigenvalue weighted by Gasteiger charge is 2.07. The molecule has 5 nitrogen and oxygen atoms in total. The van der Waals surface area contributed by atoms with Gasteiger partial charge in [0.25, 0.3) is 0 Å². The molecule has 0 aliphatic carbocycles. The number of furan rings is 1. The standard InChI is InChI=1S/C13H13BrN4O/c1-8-2-4-10(11(14)6-8)12-5-3-9(19-12)7-17-18-13(15)16/h2-7H,1H3,(H4,15,16,18). The molecule has 2 rings (SSSR count). The maximum absolute atomic E-state index is 5.64. The molecule has 0 atom stereocenters. The number of nitrogens with two attached hydrogens (primary N) is 2. The Kier molecular flexibility index (Phi) is 4.01. The van der Waals surface area contributed by atoms with E-state index in [0.717, 1.165) is 15.8 Å². The molecule has 0 radical (unpaired) electrons. The zero-order valence-electron chi connectivity index (χ0n) is 10.3. The van der Waals surface area contributed by atoms with Crippen LogP contribution in [0.15, 0.2) is 49.4 Å². The second-order valence-corrected chi connectivity index (χ2v) is 4.81. The summed E-state index contributed by atoms with van der Waals surface area (Å²) in [5.41, 5.74) is 12.5. The lowest BCUT2D eigenvalue weighted by Gasteiger charge is -2.01. The number of rotatable bonds is 3. The number of hydrogen-bond acceptors (Lipinski definition) is 3. The fraction of sp³-hybridized carbons (Fsp3) is 0.0769. The molecule has 0 aliphatic rings. The third kappa shape index (κ3) is 3.45. The molecule has 0 fully saturated rings. The number of nitrogens with zero attached hydrogens (tertiary/aromatic N) is 2. The summed E-state index contributed by atoms with van der Waals surface area (Å²) >= 11 is 3.52. The third-order valence-electron chi connectivity index (χ3n) is 2.38. The van der Waals surface area contributed by atoms with Crippen LogP contribution in [0.2, 0.25) is 0 Å². The molecule has 0 spiro atoms. The van der Waals surface area contributed by atoms with E-state index >= 15 is 0 Å². The van der Waals surface area contributed by atoms with Crippen LogP contribution in [0, 0.1) is 6.92 Å². The van der Waals surface area contributed by atoms with Gasteiger partial charge in [0.05, 0.1) is 6.21 Å². The highest BCUT2D eigenvalue weighted by molar-refractivity contribution is 9.10. The molecule has 0 amide bonds. The molecule has 19 heavy (non-hydrogen) atoms. The van der Waals surface area contributed by atoms with Crippen LogP contribution in [-0.2, 0) is 0 Å². The van der Waals surface area contributed by atoms with Gasteiger partial charge < -0.3 is 15.9 Å². The van der Waals surface area contributed by atoms with Crippen LogP contribution in [0.4, 0.5) is 0 Å². The summed E-state index contributed by atoms with van der Waals surface area (Å²) in [6, 6.07) is 9.72. The van der Waals surface area contributed by atoms with E-state index in [4.69, 9.17) is 15.9 Å². The van der Waals surface area contributed by atoms with Gasteiger partial charge in [-0.1, -0.05) is 22.0 Å². The molecular weight excluding hydrogens is 308 g/mol. The van der Waals surface area contributed by atoms with E-state index in [9.17, 15) is 0 Å². The average Bonchev–Trinajstić information content (AvgIpc) is 2.77. The lowest BCUT2D eigenvalue weighted by atomic mass is 10.1. The molecular formula is C13H13BrN4O. The summed E-state index contributed by atoms with van der Waals surface area (Å²) in [5, 5.41) is 7.20. The van der Waals surface area contributed by atoms with E-state index < -0.39 is 0 Å². The molecule has 1 aromatic heterocycles. The van der Waals surface area contributed by atoms with Crippen LogP contribution in [0.5, 0.6) is 0 Å². The van der Waals surface area contributed by atoms with Crippen molar-refractivity contribution < 1.29 is 4.42 Å². The molecule has 98 valence electrons. The van der Waals surface area contributed by atoms with Crippen LogP contribution in [0.1, 0.15) is 11.3 Å². The smallest absolute Gasteiger partial charge is 0.211 e. The van der Waals surface area contributed by atoms with Crippen molar-refractivity contribution in [3.8, 4) is 11.3 Å². The second kappa shape index (κ2) is 5.71. The summed E-state index contributed by atoms with van der Waals surface area (Å²) < 4.78 is 6.62. The van der Waals surface area contributed by atoms with Crippen molar-refractivity contribution in [3.05, 3.63) is 46.1 Å². The van der Waals surface area contributed by atoms with Crippen molar-refractivity contribution in [3.63, 3.8) is 0 Å². The van der Waals surface area contributed by atoms with Gasteiger partial charge in [-0.05, 0) is 36.8 Å². The van der Waals surface area contributed by atoms with E-state index in [1.165, 1.54) is 11.8 Å². The quantitative estimate of drug-likeness (QED) is 0.517. The van der Waals surface area contributed by atoms with E-state index in [2.05, 4.69) is 26.1 Å². The third-order valence-corrected chi connectivity index (χ3v) is 3.03. The topological polar surface area (TPSA) is 89.9 Å². The highest BCUT2D eigenvalue weighted by atomic mass is 79.9. The molecule has 0 bridgehead atoms. The SMILES string of the molecule is Cc1ccc(-c2ccc(C=NN=C(N)N)o2)c(Br)c1. The molecule has 4 N–H and O–H groups in total. The molecule has 0 saturated carbocycles. The summed E-state index contributed by atoms with van der Waals surface area (Å²) in [6.07, 6.45) is 1.45. The van der Waals surface area contributed by atoms with E-state index in [1.807, 2.05) is 31.2 Å². The van der Waals surface area contributed by atoms with Crippen LogP contribution < -0.4 is 11.5 Å². The predicted molar refractivity (Wildman–Crippen MR) is 80.0 cm³/mol. The monoisotopic (exact) mass is 320 g/mol. The Labute approximate surface area is 119 Å². The van der Waals surface area contributed by atoms with Crippen LogP contribution in [0.25, 0.3) is 11.3 Å². The first-order valence-electron chi connectivity index (χ1n) is 5.54. The molecule has 0 saturated heterocycles. The van der Waals surface area contributed by atoms with Gasteiger partial charge in [-0.2, -0.15) is 5.10 Å². The van der Waals surface area contributed by atoms with Crippen molar-refractivity contribution in [2.24, 2.45) is 21.7 Å². The first kappa shape index (κ1) is 13.4. The van der Waals surface area contributed by atoms with Crippen molar-refractivity contribution in [1.29, 1.82) is 0 Å². The zero-order valence-corrected chi connectivity index (χ0v) is 11.9. The van der Waals surface area contributed by atoms with Gasteiger partial charge in [0.2, 0.25) is 5.96 Å². The van der Waals surface area contributed by atoms with E-state index in [-0.39, 0.29) is 5.96 Å². The lowest BCUT2D eigenvalue weighted by Crippen LogP contribution is -2.21. The Bertz CT molecular complexity index is 642. The molecule has 1 heterocycles. The zero-order chi connectivity index (χ0) is 13.8. The maximum atomic E-state index is 5.64. The molecule has 0 unspecified atom stereocenters. The van der Waals surface area contributed by atoms with Crippen molar-refractivity contribution in [1.82, 2.24) is 0 Å². The minimum Gasteiger partial charge on any atom is -0.455 e. The average molecular weight is 321 g/mol. The summed E-state index contributed by atoms with van der Waals surface area (Å²) in [5.74, 6) is 1.23. The van der Waals surface area contributed by atoms with Crippen LogP contribution >= 0.6 is 15.9 Å². The van der Waals surface area contributed by atoms with Gasteiger partial charge in [0.1, 0.15) is 11.5 Å². The van der Waals surface area contributed by atoms with Gasteiger partial charge >= 0.3 is 0 Å². The number of benzene rings is 1. The van der Waals surface area contributed by atoms with E-state index in [1.54, 1.807) is 6.07 Å². The molecule has 1 aromatic carbocycles. The first-order chi connectivity index (χ1) is 9.06. The minimum atomic E-state index is -0.0932. The fourth-order valence-corrected chi connectivity index (χ4v) is 2.23. The highest BCUT2D eigenvalue weighted by Crippen LogP contribution is 2.30. The normalized spacial score (nSPS) is 10.8. The maximum Gasteiger partial charge on any atom is 0.211 e. The van der Waals surface area contributed by atoms with Crippen LogP contribution in [0.3, 0.4) is 0 Å². The van der Waals surface area contributed by atoms with Gasteiger partial charge in [0, 0.05) is 10.0 Å². The fourth-order valence-electron chi connectivity index (χ4n) is 1.54. The predicted octanol–water partition coefficient (Wildman–Crippen LogP) is 2.62. The summed E-state index contributed by atoms with van der Waals surface area (Å²) in [4.78, 5) is 0. The molecule has 0 aliphatic heterocycles. The van der Waals surface area contributed by atoms with Gasteiger partial charge in [-0.3, -0.25) is 0 Å². The van der Waals surface area contributed by atoms with Crippen molar-refractivity contribution >= 4 is 28.1 Å². The Morgan fingerprint density at radius 1 is 1.26 bits per heavy atom. The Hall–Kier alpha value is -2.08. The Balaban J connectivity index is 2.26. The van der Waals surface area contributed by atoms with Gasteiger partial charge in [0.15, 0.2) is 0 Å².